The summed E-state index contributed by atoms with van der Waals surface area (Å²) in [6.07, 6.45) is 1.88. The molecule has 3 aromatic rings. The largest absolute Gasteiger partial charge is 0.360 e. The third kappa shape index (κ3) is 3.38. The highest BCUT2D eigenvalue weighted by Gasteiger charge is 2.33. The Kier molecular flexibility index (Phi) is 4.75. The van der Waals surface area contributed by atoms with Gasteiger partial charge in [-0.05, 0) is 19.4 Å². The number of thiazole rings is 1. The van der Waals surface area contributed by atoms with Crippen LogP contribution in [0.2, 0.25) is 0 Å². The normalized spacial score (nSPS) is 16.0. The Hall–Kier alpha value is -2.23. The van der Waals surface area contributed by atoms with E-state index >= 15 is 0 Å². The second-order valence-electron chi connectivity index (χ2n) is 6.42. The van der Waals surface area contributed by atoms with E-state index in [1.54, 1.807) is 25.2 Å². The summed E-state index contributed by atoms with van der Waals surface area (Å²) in [4.78, 5) is 7.97. The quantitative estimate of drug-likeness (QED) is 0.665. The van der Waals surface area contributed by atoms with Crippen LogP contribution in [0.3, 0.4) is 0 Å². The molecule has 0 bridgehead atoms. The van der Waals surface area contributed by atoms with Crippen molar-refractivity contribution in [1.29, 1.82) is 0 Å². The highest BCUT2D eigenvalue weighted by Crippen LogP contribution is 2.32. The van der Waals surface area contributed by atoms with E-state index in [-0.39, 0.29) is 4.90 Å². The fraction of sp³-hybridized carbons (Fsp3) is 0.333. The number of nitrogens with zero attached hydrogens (tertiary/aromatic N) is 4. The van der Waals surface area contributed by atoms with Gasteiger partial charge in [-0.15, -0.1) is 0 Å². The third-order valence-corrected chi connectivity index (χ3v) is 7.88. The smallest absolute Gasteiger partial charge is 0.248 e. The Labute approximate surface area is 162 Å². The first-order valence-electron chi connectivity index (χ1n) is 8.66. The van der Waals surface area contributed by atoms with Crippen molar-refractivity contribution < 1.29 is 12.9 Å². The molecule has 0 spiro atoms. The van der Waals surface area contributed by atoms with Crippen molar-refractivity contribution in [1.82, 2.24) is 14.4 Å². The van der Waals surface area contributed by atoms with Gasteiger partial charge in [0, 0.05) is 32.4 Å². The van der Waals surface area contributed by atoms with Crippen LogP contribution >= 0.6 is 11.3 Å². The minimum absolute atomic E-state index is 0.191. The predicted octanol–water partition coefficient (Wildman–Crippen LogP) is 2.93. The van der Waals surface area contributed by atoms with E-state index in [2.05, 4.69) is 27.2 Å². The zero-order chi connectivity index (χ0) is 19.0. The molecule has 0 amide bonds. The molecule has 1 aliphatic heterocycles. The van der Waals surface area contributed by atoms with E-state index in [4.69, 9.17) is 4.52 Å². The van der Waals surface area contributed by atoms with Crippen LogP contribution in [0.25, 0.3) is 10.4 Å². The van der Waals surface area contributed by atoms with Gasteiger partial charge in [-0.2, -0.15) is 4.31 Å². The van der Waals surface area contributed by atoms with Crippen LogP contribution in [0.1, 0.15) is 11.5 Å². The molecular formula is C18H20N4O3S2. The van der Waals surface area contributed by atoms with Gasteiger partial charge in [-0.3, -0.25) is 0 Å². The Morgan fingerprint density at radius 3 is 2.41 bits per heavy atom. The summed E-state index contributed by atoms with van der Waals surface area (Å²) >= 11 is 1.63. The molecule has 142 valence electrons. The molecule has 27 heavy (non-hydrogen) atoms. The monoisotopic (exact) mass is 404 g/mol. The van der Waals surface area contributed by atoms with Gasteiger partial charge in [0.05, 0.1) is 4.88 Å². The number of anilines is 1. The molecular weight excluding hydrogens is 384 g/mol. The number of rotatable bonds is 4. The second kappa shape index (κ2) is 7.06. The number of aromatic nitrogens is 2. The van der Waals surface area contributed by atoms with Crippen molar-refractivity contribution in [2.75, 3.05) is 31.1 Å². The van der Waals surface area contributed by atoms with Crippen molar-refractivity contribution in [3.05, 3.63) is 48.0 Å². The predicted molar refractivity (Wildman–Crippen MR) is 104 cm³/mol. The van der Waals surface area contributed by atoms with Crippen molar-refractivity contribution >= 4 is 26.5 Å². The summed E-state index contributed by atoms with van der Waals surface area (Å²) < 4.78 is 32.4. The minimum atomic E-state index is -3.59. The maximum atomic E-state index is 12.9. The average molecular weight is 405 g/mol. The fourth-order valence-corrected chi connectivity index (χ4v) is 5.93. The molecule has 2 aromatic heterocycles. The number of aryl methyl sites for hydroxylation is 2. The lowest BCUT2D eigenvalue weighted by Crippen LogP contribution is -2.48. The molecule has 1 fully saturated rings. The topological polar surface area (TPSA) is 79.5 Å². The Balaban J connectivity index is 1.48. The maximum Gasteiger partial charge on any atom is 0.248 e. The first-order chi connectivity index (χ1) is 13.0. The molecule has 9 heteroatoms. The lowest BCUT2D eigenvalue weighted by molar-refractivity contribution is 0.378. The van der Waals surface area contributed by atoms with E-state index in [0.29, 0.717) is 37.6 Å². The maximum absolute atomic E-state index is 12.9. The van der Waals surface area contributed by atoms with Crippen LogP contribution in [0.15, 0.2) is 45.9 Å². The number of sulfonamides is 1. The summed E-state index contributed by atoms with van der Waals surface area (Å²) in [6.45, 7) is 5.30. The molecule has 0 unspecified atom stereocenters. The lowest BCUT2D eigenvalue weighted by Gasteiger charge is -2.33. The fourth-order valence-electron chi connectivity index (χ4n) is 3.24. The van der Waals surface area contributed by atoms with E-state index in [1.165, 1.54) is 4.31 Å². The van der Waals surface area contributed by atoms with Crippen LogP contribution in [-0.2, 0) is 10.0 Å². The summed E-state index contributed by atoms with van der Waals surface area (Å²) in [5.41, 5.74) is 1.54. The molecule has 4 rings (SSSR count). The Morgan fingerprint density at radius 1 is 1.07 bits per heavy atom. The number of hydrogen-bond donors (Lipinski definition) is 0. The first-order valence-corrected chi connectivity index (χ1v) is 10.9. The molecule has 0 atom stereocenters. The molecule has 1 saturated heterocycles. The molecule has 0 aliphatic carbocycles. The van der Waals surface area contributed by atoms with Gasteiger partial charge in [-0.25, -0.2) is 13.4 Å². The molecule has 1 aromatic carbocycles. The molecule has 0 radical (unpaired) electrons. The third-order valence-electron chi connectivity index (χ3n) is 4.63. The van der Waals surface area contributed by atoms with Crippen molar-refractivity contribution in [3.63, 3.8) is 0 Å². The van der Waals surface area contributed by atoms with Crippen LogP contribution in [0, 0.1) is 13.8 Å². The lowest BCUT2D eigenvalue weighted by atomic mass is 10.2. The van der Waals surface area contributed by atoms with Crippen LogP contribution in [-0.4, -0.2) is 49.0 Å². The van der Waals surface area contributed by atoms with Crippen molar-refractivity contribution in [2.24, 2.45) is 0 Å². The SMILES string of the molecule is Cc1noc(C)c1S(=O)(=O)N1CCN(c2ncc(-c3ccccc3)s2)CC1. The van der Waals surface area contributed by atoms with Gasteiger partial charge in [0.15, 0.2) is 10.9 Å². The average Bonchev–Trinajstić information content (AvgIpc) is 3.30. The first kappa shape index (κ1) is 18.1. The zero-order valence-electron chi connectivity index (χ0n) is 15.1. The standard InChI is InChI=1S/C18H20N4O3S2/c1-13-17(14(2)25-20-13)27(23,24)22-10-8-21(9-11-22)18-19-12-16(26-18)15-6-4-3-5-7-15/h3-7,12H,8-11H2,1-2H3. The van der Waals surface area contributed by atoms with Gasteiger partial charge >= 0.3 is 0 Å². The number of piperazine rings is 1. The number of benzene rings is 1. The molecule has 0 saturated carbocycles. The highest BCUT2D eigenvalue weighted by molar-refractivity contribution is 7.89. The molecule has 7 nitrogen and oxygen atoms in total. The molecule has 1 aliphatic rings. The summed E-state index contributed by atoms with van der Waals surface area (Å²) in [7, 11) is -3.59. The summed E-state index contributed by atoms with van der Waals surface area (Å²) in [6, 6.07) is 10.1. The van der Waals surface area contributed by atoms with Crippen LogP contribution in [0.4, 0.5) is 5.13 Å². The molecule has 3 heterocycles. The second-order valence-corrected chi connectivity index (χ2v) is 9.30. The summed E-state index contributed by atoms with van der Waals surface area (Å²) in [5, 5.41) is 4.69. The van der Waals surface area contributed by atoms with Gasteiger partial charge in [0.1, 0.15) is 10.6 Å². The highest BCUT2D eigenvalue weighted by atomic mass is 32.2. The zero-order valence-corrected chi connectivity index (χ0v) is 16.8. The van der Waals surface area contributed by atoms with E-state index in [1.807, 2.05) is 24.4 Å². The number of hydrogen-bond acceptors (Lipinski definition) is 7. The van der Waals surface area contributed by atoms with Crippen LogP contribution in [0.5, 0.6) is 0 Å². The van der Waals surface area contributed by atoms with Crippen LogP contribution < -0.4 is 4.90 Å². The molecule has 0 N–H and O–H groups in total. The van der Waals surface area contributed by atoms with Gasteiger partial charge in [0.25, 0.3) is 0 Å². The Morgan fingerprint density at radius 2 is 1.78 bits per heavy atom. The van der Waals surface area contributed by atoms with Gasteiger partial charge < -0.3 is 9.42 Å². The summed E-state index contributed by atoms with van der Waals surface area (Å²) in [5.74, 6) is 0.336. The van der Waals surface area contributed by atoms with Gasteiger partial charge in [0.2, 0.25) is 10.0 Å². The van der Waals surface area contributed by atoms with E-state index in [9.17, 15) is 8.42 Å². The van der Waals surface area contributed by atoms with Crippen molar-refractivity contribution in [2.45, 2.75) is 18.7 Å². The van der Waals surface area contributed by atoms with Crippen molar-refractivity contribution in [3.8, 4) is 10.4 Å². The van der Waals surface area contributed by atoms with Gasteiger partial charge in [-0.1, -0.05) is 46.8 Å². The van der Waals surface area contributed by atoms with E-state index < -0.39 is 10.0 Å². The van der Waals surface area contributed by atoms with E-state index in [0.717, 1.165) is 15.6 Å². The minimum Gasteiger partial charge on any atom is -0.360 e. The Bertz CT molecular complexity index is 1020.